The Morgan fingerprint density at radius 2 is 1.15 bits per heavy atom. The molecule has 0 radical (unpaired) electrons. The van der Waals surface area contributed by atoms with Gasteiger partial charge in [0.25, 0.3) is 5.91 Å². The van der Waals surface area contributed by atoms with E-state index in [9.17, 15) is 68.1 Å². The van der Waals surface area contributed by atoms with Crippen LogP contribution in [0.4, 0.5) is 0 Å². The molecule has 61 heavy (non-hydrogen) atoms. The number of carbonyl (C=O) groups excluding carboxylic acids is 8. The minimum Gasteiger partial charge on any atom is -0.481 e. The normalized spacial score (nSPS) is 14.0. The molecular formula is C39H57N7O15. The van der Waals surface area contributed by atoms with Crippen molar-refractivity contribution >= 4 is 65.0 Å². The number of benzene rings is 1. The number of aliphatic hydroxyl groups excluding tert-OH is 1. The van der Waals surface area contributed by atoms with E-state index in [4.69, 9.17) is 10.8 Å². The maximum absolute atomic E-state index is 14.1. The molecule has 6 atom stereocenters. The lowest BCUT2D eigenvalue weighted by Crippen LogP contribution is -2.62. The molecule has 1 aromatic carbocycles. The van der Waals surface area contributed by atoms with E-state index in [1.54, 1.807) is 58.9 Å². The Labute approximate surface area is 351 Å². The summed E-state index contributed by atoms with van der Waals surface area (Å²) in [6.07, 6.45) is -2.71. The topological polar surface area (TPSA) is 367 Å². The monoisotopic (exact) mass is 863 g/mol. The highest BCUT2D eigenvalue weighted by molar-refractivity contribution is 6.37. The van der Waals surface area contributed by atoms with Gasteiger partial charge >= 0.3 is 17.9 Å². The molecule has 0 aliphatic rings. The molecule has 22 nitrogen and oxygen atoms in total. The van der Waals surface area contributed by atoms with Crippen LogP contribution in [0.2, 0.25) is 0 Å². The predicted molar refractivity (Wildman–Crippen MR) is 213 cm³/mol. The van der Waals surface area contributed by atoms with E-state index in [0.29, 0.717) is 24.0 Å². The molecule has 1 rings (SSSR count). The summed E-state index contributed by atoms with van der Waals surface area (Å²) in [5.41, 5.74) is 5.22. The fourth-order valence-corrected chi connectivity index (χ4v) is 5.71. The number of nitrogens with one attached hydrogen (secondary N) is 6. The van der Waals surface area contributed by atoms with Crippen LogP contribution in [0.1, 0.15) is 90.2 Å². The van der Waals surface area contributed by atoms with E-state index >= 15 is 0 Å². The van der Waals surface area contributed by atoms with Crippen LogP contribution in [-0.4, -0.2) is 128 Å². The zero-order valence-corrected chi connectivity index (χ0v) is 34.7. The van der Waals surface area contributed by atoms with Crippen molar-refractivity contribution in [3.63, 3.8) is 0 Å². The summed E-state index contributed by atoms with van der Waals surface area (Å²) in [7, 11) is 0. The molecule has 22 heteroatoms. The van der Waals surface area contributed by atoms with Crippen LogP contribution in [0.5, 0.6) is 0 Å². The van der Waals surface area contributed by atoms with Crippen molar-refractivity contribution in [3.05, 3.63) is 35.4 Å². The van der Waals surface area contributed by atoms with Gasteiger partial charge in [0.2, 0.25) is 41.2 Å². The van der Waals surface area contributed by atoms with Crippen molar-refractivity contribution in [1.82, 2.24) is 31.9 Å². The molecule has 0 saturated carbocycles. The first-order valence-electron chi connectivity index (χ1n) is 19.4. The Morgan fingerprint density at radius 1 is 0.623 bits per heavy atom. The van der Waals surface area contributed by atoms with Crippen molar-refractivity contribution in [2.45, 2.75) is 129 Å². The van der Waals surface area contributed by atoms with Gasteiger partial charge < -0.3 is 58.1 Å². The number of aliphatic hydroxyl groups is 1. The summed E-state index contributed by atoms with van der Waals surface area (Å²) in [6, 6.07) is -2.89. The number of amides is 7. The molecule has 1 unspecified atom stereocenters. The minimum absolute atomic E-state index is 0.0414. The van der Waals surface area contributed by atoms with E-state index in [0.717, 1.165) is 0 Å². The number of Topliss-reactive ketones (excluding diaryl/α,β-unsaturated/α-hetero) is 1. The number of aliphatic carboxylic acids is 3. The van der Waals surface area contributed by atoms with E-state index in [1.165, 1.54) is 0 Å². The molecule has 0 bridgehead atoms. The van der Waals surface area contributed by atoms with Gasteiger partial charge in [-0.3, -0.25) is 52.7 Å². The Kier molecular flexibility index (Phi) is 21.7. The zero-order chi connectivity index (χ0) is 46.6. The number of hydrogen-bond acceptors (Lipinski definition) is 12. The number of carbonyl (C=O) groups is 11. The molecule has 0 aromatic heterocycles. The van der Waals surface area contributed by atoms with E-state index in [-0.39, 0.29) is 12.8 Å². The quantitative estimate of drug-likeness (QED) is 0.0424. The zero-order valence-electron chi connectivity index (χ0n) is 34.7. The average Bonchev–Trinajstić information content (AvgIpc) is 3.16. The lowest BCUT2D eigenvalue weighted by Gasteiger charge is -2.33. The van der Waals surface area contributed by atoms with Gasteiger partial charge in [0, 0.05) is 19.3 Å². The lowest BCUT2D eigenvalue weighted by atomic mass is 9.85. The Balaban J connectivity index is 3.51. The number of nitrogens with two attached hydrogens (primary N) is 1. The smallest absolute Gasteiger partial charge is 0.305 e. The number of aryl methyl sites for hydroxylation is 1. The number of primary amides is 1. The van der Waals surface area contributed by atoms with Gasteiger partial charge in [0.05, 0.1) is 25.5 Å². The molecule has 338 valence electrons. The first-order chi connectivity index (χ1) is 28.4. The Morgan fingerprint density at radius 3 is 1.67 bits per heavy atom. The molecule has 0 aliphatic carbocycles. The second kappa shape index (κ2) is 25.2. The van der Waals surface area contributed by atoms with Crippen molar-refractivity contribution in [2.24, 2.45) is 11.1 Å². The van der Waals surface area contributed by atoms with E-state index in [1.807, 2.05) is 0 Å². The van der Waals surface area contributed by atoms with Gasteiger partial charge in [-0.15, -0.1) is 0 Å². The van der Waals surface area contributed by atoms with Crippen LogP contribution < -0.4 is 37.6 Å². The molecule has 1 aromatic rings. The summed E-state index contributed by atoms with van der Waals surface area (Å²) in [6.45, 7) is 7.21. The molecular weight excluding hydrogens is 806 g/mol. The van der Waals surface area contributed by atoms with E-state index in [2.05, 4.69) is 31.9 Å². The number of unbranched alkanes of at least 4 members (excludes halogenated alkanes) is 1. The predicted octanol–water partition coefficient (Wildman–Crippen LogP) is -2.07. The second-order valence-corrected chi connectivity index (χ2v) is 15.3. The standard InChI is InChI=1S/C39H57N7O15/c1-6-7-12-22(31(55)33(40)56)42-37(60)26(19-47)45-38(61)32(39(3,4)5)46-36(59)24(17-21-11-9-8-10-20(21)2)44-34(57)23(13-15-28(49)50)43-35(58)25(18-30(53)54)41-27(48)14-16-29(51)52/h8-11,22-26,32,47H,6-7,12-19H2,1-5H3,(H2,40,56)(H,41,48)(H,42,60)(H,43,58)(H,44,57)(H,45,61)(H,46,59)(H,49,50)(H,51,52)(H,53,54)/t22?,23-,24-,25-,26-,32+/m0/s1. The van der Waals surface area contributed by atoms with Crippen molar-refractivity contribution in [1.29, 1.82) is 0 Å². The van der Waals surface area contributed by atoms with Crippen molar-refractivity contribution in [2.75, 3.05) is 6.61 Å². The minimum atomic E-state index is -1.83. The van der Waals surface area contributed by atoms with Gasteiger partial charge in [0.15, 0.2) is 0 Å². The third-order valence-corrected chi connectivity index (χ3v) is 9.15. The lowest BCUT2D eigenvalue weighted by molar-refractivity contribution is -0.142. The number of hydrogen-bond donors (Lipinski definition) is 11. The molecule has 0 spiro atoms. The summed E-state index contributed by atoms with van der Waals surface area (Å²) in [4.78, 5) is 138. The van der Waals surface area contributed by atoms with Gasteiger partial charge in [-0.2, -0.15) is 0 Å². The molecule has 7 amide bonds. The summed E-state index contributed by atoms with van der Waals surface area (Å²) >= 11 is 0. The number of rotatable bonds is 27. The second-order valence-electron chi connectivity index (χ2n) is 15.3. The van der Waals surface area contributed by atoms with Gasteiger partial charge in [-0.1, -0.05) is 64.8 Å². The fourth-order valence-electron chi connectivity index (χ4n) is 5.71. The number of carboxylic acid groups (broad SMARTS) is 3. The van der Waals surface area contributed by atoms with Gasteiger partial charge in [-0.25, -0.2) is 0 Å². The van der Waals surface area contributed by atoms with Gasteiger partial charge in [-0.05, 0) is 36.3 Å². The molecule has 0 saturated heterocycles. The van der Waals surface area contributed by atoms with Crippen LogP contribution in [0.3, 0.4) is 0 Å². The maximum atomic E-state index is 14.1. The summed E-state index contributed by atoms with van der Waals surface area (Å²) in [5.74, 6) is -13.0. The highest BCUT2D eigenvalue weighted by atomic mass is 16.4. The van der Waals surface area contributed by atoms with Crippen LogP contribution in [0.15, 0.2) is 24.3 Å². The highest BCUT2D eigenvalue weighted by Crippen LogP contribution is 2.21. The first kappa shape index (κ1) is 52.6. The molecule has 0 fully saturated rings. The average molecular weight is 864 g/mol. The van der Waals surface area contributed by atoms with Gasteiger partial charge in [0.1, 0.15) is 30.2 Å². The first-order valence-corrected chi connectivity index (χ1v) is 19.4. The summed E-state index contributed by atoms with van der Waals surface area (Å²) in [5, 5.41) is 51.7. The SMILES string of the molecule is CCCCC(NC(=O)[C@H](CO)NC(=O)[C@@H](NC(=O)[C@H](Cc1ccccc1C)NC(=O)[C@H](CCC(=O)O)NC(=O)[C@H](CC(=O)O)NC(=O)CCC(=O)O)C(C)(C)C)C(=O)C(N)=O. The third kappa shape index (κ3) is 19.0. The molecule has 0 aliphatic heterocycles. The third-order valence-electron chi connectivity index (χ3n) is 9.15. The Hall–Kier alpha value is -6.45. The fraction of sp³-hybridized carbons (Fsp3) is 0.564. The molecule has 0 heterocycles. The summed E-state index contributed by atoms with van der Waals surface area (Å²) < 4.78 is 0. The largest absolute Gasteiger partial charge is 0.481 e. The number of ketones is 1. The van der Waals surface area contributed by atoms with Crippen LogP contribution >= 0.6 is 0 Å². The highest BCUT2D eigenvalue weighted by Gasteiger charge is 2.38. The Bertz CT molecular complexity index is 1800. The molecule has 12 N–H and O–H groups in total. The van der Waals surface area contributed by atoms with Crippen LogP contribution in [-0.2, 0) is 59.2 Å². The van der Waals surface area contributed by atoms with Crippen LogP contribution in [0, 0.1) is 12.3 Å². The van der Waals surface area contributed by atoms with E-state index < -0.39 is 145 Å². The van der Waals surface area contributed by atoms with Crippen molar-refractivity contribution in [3.8, 4) is 0 Å². The maximum Gasteiger partial charge on any atom is 0.305 e. The number of carboxylic acids is 3. The van der Waals surface area contributed by atoms with Crippen LogP contribution in [0.25, 0.3) is 0 Å². The van der Waals surface area contributed by atoms with Crippen molar-refractivity contribution < 1.29 is 73.2 Å².